The summed E-state index contributed by atoms with van der Waals surface area (Å²) in [7, 11) is 0. The van der Waals surface area contributed by atoms with E-state index >= 15 is 0 Å². The number of piperidine rings is 1. The summed E-state index contributed by atoms with van der Waals surface area (Å²) in [5.41, 5.74) is 5.82. The second-order valence-electron chi connectivity index (χ2n) is 5.13. The first-order valence-electron chi connectivity index (χ1n) is 6.84. The highest BCUT2D eigenvalue weighted by Gasteiger charge is 2.20. The van der Waals surface area contributed by atoms with Gasteiger partial charge in [0.2, 0.25) is 5.91 Å². The van der Waals surface area contributed by atoms with Gasteiger partial charge in [-0.25, -0.2) is 0 Å². The van der Waals surface area contributed by atoms with Crippen LogP contribution in [-0.2, 0) is 4.79 Å². The molecular weight excluding hydrogens is 228 g/mol. The van der Waals surface area contributed by atoms with Crippen LogP contribution in [0.15, 0.2) is 4.99 Å². The summed E-state index contributed by atoms with van der Waals surface area (Å²) in [5.74, 6) is 1.27. The van der Waals surface area contributed by atoms with E-state index in [4.69, 9.17) is 5.73 Å². The number of nitrogens with one attached hydrogen (secondary N) is 1. The van der Waals surface area contributed by atoms with E-state index in [0.29, 0.717) is 17.9 Å². The number of carbonyl (C=O) groups excluding carboxylic acids is 1. The van der Waals surface area contributed by atoms with Gasteiger partial charge in [0, 0.05) is 32.6 Å². The van der Waals surface area contributed by atoms with Crippen LogP contribution in [0.2, 0.25) is 0 Å². The fourth-order valence-corrected chi connectivity index (χ4v) is 2.06. The van der Waals surface area contributed by atoms with Crippen molar-refractivity contribution in [3.63, 3.8) is 0 Å². The third kappa shape index (κ3) is 4.94. The Kier molecular flexibility index (Phi) is 5.95. The van der Waals surface area contributed by atoms with Crippen LogP contribution in [0.1, 0.15) is 40.0 Å². The molecule has 5 nitrogen and oxygen atoms in total. The number of carbonyl (C=O) groups is 1. The highest BCUT2D eigenvalue weighted by molar-refractivity contribution is 5.78. The molecule has 0 saturated carbocycles. The Morgan fingerprint density at radius 2 is 2.11 bits per heavy atom. The molecule has 0 bridgehead atoms. The van der Waals surface area contributed by atoms with Gasteiger partial charge in [-0.2, -0.15) is 0 Å². The molecule has 0 aromatic rings. The summed E-state index contributed by atoms with van der Waals surface area (Å²) < 4.78 is 0. The molecule has 1 saturated heterocycles. The second-order valence-corrected chi connectivity index (χ2v) is 5.13. The van der Waals surface area contributed by atoms with E-state index in [1.807, 2.05) is 4.90 Å². The summed E-state index contributed by atoms with van der Waals surface area (Å²) >= 11 is 0. The molecule has 1 amide bonds. The van der Waals surface area contributed by atoms with Crippen molar-refractivity contribution in [1.29, 1.82) is 0 Å². The maximum Gasteiger partial charge on any atom is 0.219 e. The number of rotatable bonds is 4. The second kappa shape index (κ2) is 7.24. The number of aliphatic imine (C=N–C) groups is 1. The summed E-state index contributed by atoms with van der Waals surface area (Å²) in [5, 5.41) is 3.16. The molecule has 3 N–H and O–H groups in total. The van der Waals surface area contributed by atoms with Crippen molar-refractivity contribution in [3.8, 4) is 0 Å². The highest BCUT2D eigenvalue weighted by Crippen LogP contribution is 2.17. The number of hydrogen-bond donors (Lipinski definition) is 2. The van der Waals surface area contributed by atoms with Crippen LogP contribution >= 0.6 is 0 Å². The van der Waals surface area contributed by atoms with Gasteiger partial charge in [0.05, 0.1) is 0 Å². The number of nitrogens with two attached hydrogens (primary N) is 1. The largest absolute Gasteiger partial charge is 0.370 e. The molecule has 18 heavy (non-hydrogen) atoms. The number of guanidine groups is 1. The molecular formula is C13H26N4O. The van der Waals surface area contributed by atoms with E-state index in [1.54, 1.807) is 6.92 Å². The minimum atomic E-state index is 0.176. The van der Waals surface area contributed by atoms with Gasteiger partial charge in [-0.15, -0.1) is 0 Å². The first-order chi connectivity index (χ1) is 8.52. The number of hydrogen-bond acceptors (Lipinski definition) is 2. The van der Waals surface area contributed by atoms with Crippen LogP contribution in [0.25, 0.3) is 0 Å². The van der Waals surface area contributed by atoms with Crippen LogP contribution in [0.4, 0.5) is 0 Å². The van der Waals surface area contributed by atoms with Gasteiger partial charge < -0.3 is 16.0 Å². The van der Waals surface area contributed by atoms with E-state index in [2.05, 4.69) is 24.2 Å². The number of amides is 1. The normalized spacial score (nSPS) is 19.7. The van der Waals surface area contributed by atoms with E-state index in [-0.39, 0.29) is 5.91 Å². The summed E-state index contributed by atoms with van der Waals surface area (Å²) in [6.45, 7) is 8.31. The Morgan fingerprint density at radius 3 is 2.61 bits per heavy atom. The smallest absolute Gasteiger partial charge is 0.219 e. The molecule has 1 unspecified atom stereocenters. The lowest BCUT2D eigenvalue weighted by Gasteiger charge is -2.30. The molecule has 1 atom stereocenters. The Morgan fingerprint density at radius 1 is 1.50 bits per heavy atom. The Hall–Kier alpha value is -1.26. The molecule has 0 aliphatic carbocycles. The van der Waals surface area contributed by atoms with Crippen molar-refractivity contribution < 1.29 is 4.79 Å². The van der Waals surface area contributed by atoms with E-state index in [0.717, 1.165) is 38.9 Å². The molecule has 1 rings (SSSR count). The molecule has 0 spiro atoms. The van der Waals surface area contributed by atoms with Gasteiger partial charge in [0.25, 0.3) is 0 Å². The third-order valence-electron chi connectivity index (χ3n) is 3.59. The first-order valence-corrected chi connectivity index (χ1v) is 6.84. The lowest BCUT2D eigenvalue weighted by Crippen LogP contribution is -2.40. The Balaban J connectivity index is 2.28. The molecule has 0 radical (unpaired) electrons. The fourth-order valence-electron chi connectivity index (χ4n) is 2.06. The van der Waals surface area contributed by atoms with Crippen molar-refractivity contribution in [2.24, 2.45) is 16.6 Å². The van der Waals surface area contributed by atoms with Crippen LogP contribution in [0.5, 0.6) is 0 Å². The SMILES string of the molecule is CCC(C)NC(N)=NCC1CCN(C(C)=O)CC1. The van der Waals surface area contributed by atoms with Gasteiger partial charge in [0.1, 0.15) is 0 Å². The zero-order valence-corrected chi connectivity index (χ0v) is 11.8. The fraction of sp³-hybridized carbons (Fsp3) is 0.846. The molecule has 1 fully saturated rings. The number of nitrogens with zero attached hydrogens (tertiary/aromatic N) is 2. The quantitative estimate of drug-likeness (QED) is 0.579. The monoisotopic (exact) mass is 254 g/mol. The zero-order valence-electron chi connectivity index (χ0n) is 11.8. The summed E-state index contributed by atoms with van der Waals surface area (Å²) in [6, 6.07) is 0.369. The van der Waals surface area contributed by atoms with Crippen LogP contribution in [0, 0.1) is 5.92 Å². The average Bonchev–Trinajstić information content (AvgIpc) is 2.36. The van der Waals surface area contributed by atoms with Gasteiger partial charge >= 0.3 is 0 Å². The zero-order chi connectivity index (χ0) is 13.5. The molecule has 1 aliphatic heterocycles. The van der Waals surface area contributed by atoms with Crippen molar-refractivity contribution in [1.82, 2.24) is 10.2 Å². The lowest BCUT2D eigenvalue weighted by molar-refractivity contribution is -0.130. The standard InChI is InChI=1S/C13H26N4O/c1-4-10(2)16-13(14)15-9-12-5-7-17(8-6-12)11(3)18/h10,12H,4-9H2,1-3H3,(H3,14,15,16). The average molecular weight is 254 g/mol. The van der Waals surface area contributed by atoms with Crippen molar-refractivity contribution in [2.75, 3.05) is 19.6 Å². The molecule has 0 aromatic heterocycles. The molecule has 104 valence electrons. The minimum Gasteiger partial charge on any atom is -0.370 e. The van der Waals surface area contributed by atoms with Gasteiger partial charge in [-0.05, 0) is 32.1 Å². The van der Waals surface area contributed by atoms with Crippen LogP contribution < -0.4 is 11.1 Å². The van der Waals surface area contributed by atoms with E-state index in [1.165, 1.54) is 0 Å². The van der Waals surface area contributed by atoms with Crippen molar-refractivity contribution in [3.05, 3.63) is 0 Å². The maximum absolute atomic E-state index is 11.2. The Labute approximate surface area is 110 Å². The van der Waals surface area contributed by atoms with Crippen molar-refractivity contribution >= 4 is 11.9 Å². The Bertz CT molecular complexity index is 295. The predicted molar refractivity (Wildman–Crippen MR) is 74.4 cm³/mol. The summed E-state index contributed by atoms with van der Waals surface area (Å²) in [4.78, 5) is 17.5. The lowest BCUT2D eigenvalue weighted by atomic mass is 9.97. The van der Waals surface area contributed by atoms with Crippen molar-refractivity contribution in [2.45, 2.75) is 46.1 Å². The topological polar surface area (TPSA) is 70.7 Å². The van der Waals surface area contributed by atoms with Crippen LogP contribution in [-0.4, -0.2) is 42.4 Å². The highest BCUT2D eigenvalue weighted by atomic mass is 16.2. The van der Waals surface area contributed by atoms with Gasteiger partial charge in [0.15, 0.2) is 5.96 Å². The minimum absolute atomic E-state index is 0.176. The van der Waals surface area contributed by atoms with E-state index < -0.39 is 0 Å². The number of likely N-dealkylation sites (tertiary alicyclic amines) is 1. The van der Waals surface area contributed by atoms with Crippen LogP contribution in [0.3, 0.4) is 0 Å². The third-order valence-corrected chi connectivity index (χ3v) is 3.59. The van der Waals surface area contributed by atoms with E-state index in [9.17, 15) is 4.79 Å². The predicted octanol–water partition coefficient (Wildman–Crippen LogP) is 0.948. The summed E-state index contributed by atoms with van der Waals surface area (Å²) in [6.07, 6.45) is 3.09. The van der Waals surface area contributed by atoms with Gasteiger partial charge in [-0.3, -0.25) is 9.79 Å². The first kappa shape index (κ1) is 14.8. The van der Waals surface area contributed by atoms with Gasteiger partial charge in [-0.1, -0.05) is 6.92 Å². The molecule has 1 heterocycles. The molecule has 5 heteroatoms. The maximum atomic E-state index is 11.2. The molecule has 0 aromatic carbocycles. The molecule has 1 aliphatic rings.